The summed E-state index contributed by atoms with van der Waals surface area (Å²) in [4.78, 5) is 28.9. The van der Waals surface area contributed by atoms with Gasteiger partial charge in [-0.05, 0) is 19.3 Å². The molecule has 0 unspecified atom stereocenters. The van der Waals surface area contributed by atoms with Crippen molar-refractivity contribution in [2.45, 2.75) is 31.2 Å². The highest BCUT2D eigenvalue weighted by atomic mass is 16.4. The van der Waals surface area contributed by atoms with Crippen molar-refractivity contribution < 1.29 is 14.7 Å². The van der Waals surface area contributed by atoms with E-state index in [0.717, 1.165) is 6.42 Å². The van der Waals surface area contributed by atoms with Gasteiger partial charge in [0.25, 0.3) is 5.91 Å². The van der Waals surface area contributed by atoms with Gasteiger partial charge < -0.3 is 15.4 Å². The summed E-state index contributed by atoms with van der Waals surface area (Å²) in [6.07, 6.45) is 5.39. The summed E-state index contributed by atoms with van der Waals surface area (Å²) in [5.41, 5.74) is -0.574. The first kappa shape index (κ1) is 10.7. The number of aliphatic carboxylic acids is 1. The molecule has 0 saturated heterocycles. The van der Waals surface area contributed by atoms with E-state index in [1.54, 1.807) is 6.20 Å². The van der Waals surface area contributed by atoms with Gasteiger partial charge in [-0.3, -0.25) is 9.59 Å². The van der Waals surface area contributed by atoms with E-state index < -0.39 is 11.5 Å². The Morgan fingerprint density at radius 1 is 1.56 bits per heavy atom. The number of carbonyl (C=O) groups is 2. The first-order chi connectivity index (χ1) is 7.61. The fourth-order valence-electron chi connectivity index (χ4n) is 1.93. The van der Waals surface area contributed by atoms with E-state index in [-0.39, 0.29) is 18.2 Å². The summed E-state index contributed by atoms with van der Waals surface area (Å²) in [5, 5.41) is 11.5. The normalized spacial score (nSPS) is 17.5. The Balaban J connectivity index is 2.02. The number of nitrogens with zero attached hydrogens (tertiary/aromatic N) is 1. The molecule has 1 aromatic heterocycles. The summed E-state index contributed by atoms with van der Waals surface area (Å²) < 4.78 is 0. The van der Waals surface area contributed by atoms with Crippen LogP contribution in [0.3, 0.4) is 0 Å². The van der Waals surface area contributed by atoms with Crippen LogP contribution in [0, 0.1) is 0 Å². The molecule has 2 rings (SSSR count). The Hall–Kier alpha value is -1.85. The zero-order chi connectivity index (χ0) is 11.6. The van der Waals surface area contributed by atoms with Gasteiger partial charge in [-0.15, -0.1) is 0 Å². The largest absolute Gasteiger partial charge is 0.481 e. The minimum Gasteiger partial charge on any atom is -0.481 e. The van der Waals surface area contributed by atoms with Crippen molar-refractivity contribution in [3.63, 3.8) is 0 Å². The van der Waals surface area contributed by atoms with Gasteiger partial charge in [0.05, 0.1) is 12.0 Å². The number of amides is 1. The fraction of sp³-hybridized carbons (Fsp3) is 0.500. The van der Waals surface area contributed by atoms with Gasteiger partial charge in [0.15, 0.2) is 5.82 Å². The third-order valence-corrected chi connectivity index (χ3v) is 2.89. The molecule has 0 radical (unpaired) electrons. The first-order valence-electron chi connectivity index (χ1n) is 5.15. The number of H-pyrrole nitrogens is 1. The van der Waals surface area contributed by atoms with Gasteiger partial charge in [-0.2, -0.15) is 0 Å². The standard InChI is InChI=1S/C10H13N3O3/c14-7(15)6-10(2-1-3-10)13-9(16)8-11-4-5-12-8/h4-5H,1-3,6H2,(H,11,12)(H,13,16)(H,14,15). The fourth-order valence-corrected chi connectivity index (χ4v) is 1.93. The maximum Gasteiger partial charge on any atom is 0.305 e. The van der Waals surface area contributed by atoms with Crippen molar-refractivity contribution in [1.29, 1.82) is 0 Å². The van der Waals surface area contributed by atoms with Crippen LogP contribution in [-0.4, -0.2) is 32.5 Å². The molecule has 86 valence electrons. The zero-order valence-electron chi connectivity index (χ0n) is 8.69. The number of carboxylic acid groups (broad SMARTS) is 1. The Morgan fingerprint density at radius 3 is 2.75 bits per heavy atom. The van der Waals surface area contributed by atoms with Crippen molar-refractivity contribution >= 4 is 11.9 Å². The average molecular weight is 223 g/mol. The monoisotopic (exact) mass is 223 g/mol. The second kappa shape index (κ2) is 3.96. The van der Waals surface area contributed by atoms with Crippen LogP contribution < -0.4 is 5.32 Å². The van der Waals surface area contributed by atoms with Crippen LogP contribution in [0.1, 0.15) is 36.3 Å². The van der Waals surface area contributed by atoms with Crippen LogP contribution in [0.4, 0.5) is 0 Å². The molecule has 6 nitrogen and oxygen atoms in total. The molecule has 1 aliphatic rings. The molecular weight excluding hydrogens is 210 g/mol. The summed E-state index contributed by atoms with van der Waals surface area (Å²) in [5.74, 6) is -1.01. The molecule has 1 fully saturated rings. The number of carboxylic acids is 1. The van der Waals surface area contributed by atoms with Crippen LogP contribution in [0.25, 0.3) is 0 Å². The quantitative estimate of drug-likeness (QED) is 0.694. The molecule has 1 heterocycles. The smallest absolute Gasteiger partial charge is 0.305 e. The molecule has 0 atom stereocenters. The van der Waals surface area contributed by atoms with Crippen LogP contribution in [0.15, 0.2) is 12.4 Å². The summed E-state index contributed by atoms with van der Waals surface area (Å²) in [6.45, 7) is 0. The molecule has 0 bridgehead atoms. The second-order valence-corrected chi connectivity index (χ2v) is 4.10. The highest BCUT2D eigenvalue weighted by Gasteiger charge is 2.40. The van der Waals surface area contributed by atoms with Crippen molar-refractivity contribution in [3.05, 3.63) is 18.2 Å². The number of aromatic nitrogens is 2. The lowest BCUT2D eigenvalue weighted by Gasteiger charge is -2.41. The van der Waals surface area contributed by atoms with E-state index in [2.05, 4.69) is 15.3 Å². The van der Waals surface area contributed by atoms with Gasteiger partial charge in [-0.1, -0.05) is 0 Å². The maximum absolute atomic E-state index is 11.7. The third kappa shape index (κ3) is 2.05. The average Bonchev–Trinajstić information content (AvgIpc) is 2.66. The number of hydrogen-bond acceptors (Lipinski definition) is 3. The Morgan fingerprint density at radius 2 is 2.31 bits per heavy atom. The number of hydrogen-bond donors (Lipinski definition) is 3. The number of imidazole rings is 1. The van der Waals surface area contributed by atoms with E-state index in [4.69, 9.17) is 5.11 Å². The molecule has 1 amide bonds. The van der Waals surface area contributed by atoms with Crippen molar-refractivity contribution in [3.8, 4) is 0 Å². The van der Waals surface area contributed by atoms with Crippen molar-refractivity contribution in [2.75, 3.05) is 0 Å². The SMILES string of the molecule is O=C(O)CC1(NC(=O)c2ncc[nH]2)CCC1. The van der Waals surface area contributed by atoms with E-state index in [0.29, 0.717) is 12.8 Å². The zero-order valence-corrected chi connectivity index (χ0v) is 8.69. The van der Waals surface area contributed by atoms with E-state index >= 15 is 0 Å². The Bertz CT molecular complexity index is 395. The van der Waals surface area contributed by atoms with Gasteiger partial charge in [0.1, 0.15) is 0 Å². The lowest BCUT2D eigenvalue weighted by atomic mass is 9.74. The predicted octanol–water partition coefficient (Wildman–Crippen LogP) is 0.537. The number of carbonyl (C=O) groups excluding carboxylic acids is 1. The lowest BCUT2D eigenvalue weighted by molar-refractivity contribution is -0.139. The number of rotatable bonds is 4. The topological polar surface area (TPSA) is 95.1 Å². The van der Waals surface area contributed by atoms with E-state index in [9.17, 15) is 9.59 Å². The first-order valence-corrected chi connectivity index (χ1v) is 5.15. The third-order valence-electron chi connectivity index (χ3n) is 2.89. The molecule has 0 aliphatic heterocycles. The van der Waals surface area contributed by atoms with Crippen LogP contribution >= 0.6 is 0 Å². The minimum atomic E-state index is -0.889. The van der Waals surface area contributed by atoms with Gasteiger partial charge in [-0.25, -0.2) is 4.98 Å². The minimum absolute atomic E-state index is 0.0283. The molecular formula is C10H13N3O3. The van der Waals surface area contributed by atoms with Gasteiger partial charge >= 0.3 is 5.97 Å². The van der Waals surface area contributed by atoms with Crippen molar-refractivity contribution in [1.82, 2.24) is 15.3 Å². The predicted molar refractivity (Wildman–Crippen MR) is 54.9 cm³/mol. The lowest BCUT2D eigenvalue weighted by Crippen LogP contribution is -2.54. The maximum atomic E-state index is 11.7. The molecule has 1 saturated carbocycles. The molecule has 3 N–H and O–H groups in total. The van der Waals surface area contributed by atoms with E-state index in [1.165, 1.54) is 6.20 Å². The number of aromatic amines is 1. The summed E-state index contributed by atoms with van der Waals surface area (Å²) in [6, 6.07) is 0. The van der Waals surface area contributed by atoms with Crippen LogP contribution in [0.5, 0.6) is 0 Å². The molecule has 16 heavy (non-hydrogen) atoms. The molecule has 1 aliphatic carbocycles. The van der Waals surface area contributed by atoms with Crippen LogP contribution in [0.2, 0.25) is 0 Å². The van der Waals surface area contributed by atoms with Crippen LogP contribution in [-0.2, 0) is 4.79 Å². The molecule has 0 aromatic carbocycles. The molecule has 1 aromatic rings. The van der Waals surface area contributed by atoms with Gasteiger partial charge in [0.2, 0.25) is 0 Å². The Kier molecular flexibility index (Phi) is 2.64. The molecule has 6 heteroatoms. The summed E-state index contributed by atoms with van der Waals surface area (Å²) >= 11 is 0. The highest BCUT2D eigenvalue weighted by molar-refractivity contribution is 5.91. The molecule has 0 spiro atoms. The van der Waals surface area contributed by atoms with Gasteiger partial charge in [0, 0.05) is 12.4 Å². The second-order valence-electron chi connectivity index (χ2n) is 4.10. The number of nitrogens with one attached hydrogen (secondary N) is 2. The summed E-state index contributed by atoms with van der Waals surface area (Å²) in [7, 11) is 0. The van der Waals surface area contributed by atoms with E-state index in [1.807, 2.05) is 0 Å². The highest BCUT2D eigenvalue weighted by Crippen LogP contribution is 2.35. The van der Waals surface area contributed by atoms with Crippen molar-refractivity contribution in [2.24, 2.45) is 0 Å². The Labute approximate surface area is 92.1 Å².